The van der Waals surface area contributed by atoms with E-state index in [1.54, 1.807) is 0 Å². The molecule has 1 aliphatic carbocycles. The van der Waals surface area contributed by atoms with Crippen LogP contribution in [0.15, 0.2) is 54.6 Å². The second-order valence-electron chi connectivity index (χ2n) is 5.25. The predicted octanol–water partition coefficient (Wildman–Crippen LogP) is 4.81. The van der Waals surface area contributed by atoms with Gasteiger partial charge in [0.1, 0.15) is 0 Å². The zero-order valence-corrected chi connectivity index (χ0v) is 11.0. The standard InChI is InChI=1S/C18H18/c1-13(2)18-16-11-7-6-10-15(16)12-17(18)14-8-4-3-5-9-14/h3-11,13H,12H2,1-2H3. The van der Waals surface area contributed by atoms with Gasteiger partial charge in [-0.15, -0.1) is 0 Å². The first-order valence-electron chi connectivity index (χ1n) is 6.64. The fourth-order valence-electron chi connectivity index (χ4n) is 2.94. The number of fused-ring (bicyclic) bond motifs is 1. The lowest BCUT2D eigenvalue weighted by atomic mass is 9.92. The molecule has 0 aromatic heterocycles. The lowest BCUT2D eigenvalue weighted by Gasteiger charge is -2.12. The average molecular weight is 234 g/mol. The Labute approximate surface area is 109 Å². The summed E-state index contributed by atoms with van der Waals surface area (Å²) in [6, 6.07) is 19.6. The Hall–Kier alpha value is -1.82. The molecule has 0 heterocycles. The SMILES string of the molecule is CC(C)C1=C(c2ccccc2)Cc2ccccc21. The first-order valence-corrected chi connectivity index (χ1v) is 6.64. The molecule has 0 fully saturated rings. The van der Waals surface area contributed by atoms with Gasteiger partial charge in [-0.2, -0.15) is 0 Å². The van der Waals surface area contributed by atoms with E-state index < -0.39 is 0 Å². The third-order valence-corrected chi connectivity index (χ3v) is 3.70. The maximum absolute atomic E-state index is 2.29. The molecular weight excluding hydrogens is 216 g/mol. The van der Waals surface area contributed by atoms with Crippen LogP contribution in [0.25, 0.3) is 11.1 Å². The van der Waals surface area contributed by atoms with Crippen LogP contribution in [-0.2, 0) is 6.42 Å². The Morgan fingerprint density at radius 2 is 1.50 bits per heavy atom. The number of rotatable bonds is 2. The minimum absolute atomic E-state index is 0.573. The van der Waals surface area contributed by atoms with Crippen LogP contribution in [0.1, 0.15) is 30.5 Å². The molecule has 0 amide bonds. The van der Waals surface area contributed by atoms with Crippen molar-refractivity contribution >= 4 is 11.1 Å². The normalized spacial score (nSPS) is 14.2. The molecule has 3 rings (SSSR count). The fraction of sp³-hybridized carbons (Fsp3) is 0.222. The van der Waals surface area contributed by atoms with E-state index in [1.807, 2.05) is 0 Å². The van der Waals surface area contributed by atoms with Gasteiger partial charge in [-0.05, 0) is 40.2 Å². The Morgan fingerprint density at radius 1 is 0.833 bits per heavy atom. The van der Waals surface area contributed by atoms with Crippen molar-refractivity contribution in [2.45, 2.75) is 20.3 Å². The van der Waals surface area contributed by atoms with Crippen LogP contribution in [0.4, 0.5) is 0 Å². The lowest BCUT2D eigenvalue weighted by molar-refractivity contribution is 0.859. The molecule has 2 aromatic rings. The van der Waals surface area contributed by atoms with E-state index in [9.17, 15) is 0 Å². The fourth-order valence-corrected chi connectivity index (χ4v) is 2.94. The molecule has 0 N–H and O–H groups in total. The van der Waals surface area contributed by atoms with Crippen molar-refractivity contribution in [2.75, 3.05) is 0 Å². The highest BCUT2D eigenvalue weighted by Gasteiger charge is 2.23. The quantitative estimate of drug-likeness (QED) is 0.699. The Bertz CT molecular complexity index is 588. The molecule has 90 valence electrons. The molecule has 0 nitrogen and oxygen atoms in total. The monoisotopic (exact) mass is 234 g/mol. The van der Waals surface area contributed by atoms with Crippen LogP contribution >= 0.6 is 0 Å². The maximum atomic E-state index is 2.29. The van der Waals surface area contributed by atoms with Crippen molar-refractivity contribution in [3.63, 3.8) is 0 Å². The molecule has 0 saturated heterocycles. The van der Waals surface area contributed by atoms with Gasteiger partial charge in [-0.3, -0.25) is 0 Å². The van der Waals surface area contributed by atoms with Crippen LogP contribution in [0.3, 0.4) is 0 Å². The molecule has 0 saturated carbocycles. The second-order valence-corrected chi connectivity index (χ2v) is 5.25. The minimum atomic E-state index is 0.573. The van der Waals surface area contributed by atoms with E-state index in [1.165, 1.54) is 27.8 Å². The van der Waals surface area contributed by atoms with E-state index in [-0.39, 0.29) is 0 Å². The summed E-state index contributed by atoms with van der Waals surface area (Å²) in [6.07, 6.45) is 1.08. The number of hydrogen-bond donors (Lipinski definition) is 0. The second kappa shape index (κ2) is 4.45. The molecule has 1 aliphatic rings. The van der Waals surface area contributed by atoms with Gasteiger partial charge in [-0.25, -0.2) is 0 Å². The van der Waals surface area contributed by atoms with Crippen LogP contribution < -0.4 is 0 Å². The molecule has 0 aliphatic heterocycles. The molecular formula is C18H18. The first-order chi connectivity index (χ1) is 8.77. The summed E-state index contributed by atoms with van der Waals surface area (Å²) < 4.78 is 0. The van der Waals surface area contributed by atoms with E-state index in [4.69, 9.17) is 0 Å². The van der Waals surface area contributed by atoms with Crippen molar-refractivity contribution in [3.8, 4) is 0 Å². The van der Waals surface area contributed by atoms with Crippen molar-refractivity contribution in [2.24, 2.45) is 5.92 Å². The van der Waals surface area contributed by atoms with Crippen LogP contribution in [0.2, 0.25) is 0 Å². The number of allylic oxidation sites excluding steroid dienone is 2. The lowest BCUT2D eigenvalue weighted by Crippen LogP contribution is -1.94. The number of hydrogen-bond acceptors (Lipinski definition) is 0. The van der Waals surface area contributed by atoms with Gasteiger partial charge in [0.25, 0.3) is 0 Å². The molecule has 0 atom stereocenters. The van der Waals surface area contributed by atoms with Crippen LogP contribution in [-0.4, -0.2) is 0 Å². The first kappa shape index (κ1) is 11.3. The van der Waals surface area contributed by atoms with Gasteiger partial charge in [0.2, 0.25) is 0 Å². The highest BCUT2D eigenvalue weighted by atomic mass is 14.3. The minimum Gasteiger partial charge on any atom is -0.0622 e. The predicted molar refractivity (Wildman–Crippen MR) is 78.2 cm³/mol. The van der Waals surface area contributed by atoms with Crippen LogP contribution in [0.5, 0.6) is 0 Å². The van der Waals surface area contributed by atoms with Crippen molar-refractivity contribution in [3.05, 3.63) is 71.3 Å². The zero-order valence-electron chi connectivity index (χ0n) is 11.0. The topological polar surface area (TPSA) is 0 Å². The molecule has 0 radical (unpaired) electrons. The van der Waals surface area contributed by atoms with E-state index >= 15 is 0 Å². The number of benzene rings is 2. The van der Waals surface area contributed by atoms with Gasteiger partial charge in [-0.1, -0.05) is 68.4 Å². The molecule has 0 spiro atoms. The Balaban J connectivity index is 2.17. The van der Waals surface area contributed by atoms with Gasteiger partial charge in [0.05, 0.1) is 0 Å². The average Bonchev–Trinajstić information content (AvgIpc) is 2.79. The van der Waals surface area contributed by atoms with Crippen molar-refractivity contribution in [1.29, 1.82) is 0 Å². The van der Waals surface area contributed by atoms with Crippen molar-refractivity contribution in [1.82, 2.24) is 0 Å². The highest BCUT2D eigenvalue weighted by molar-refractivity contribution is 5.97. The van der Waals surface area contributed by atoms with Gasteiger partial charge in [0.15, 0.2) is 0 Å². The summed E-state index contributed by atoms with van der Waals surface area (Å²) in [5, 5.41) is 0. The third kappa shape index (κ3) is 1.78. The molecule has 2 aromatic carbocycles. The van der Waals surface area contributed by atoms with E-state index in [0.717, 1.165) is 6.42 Å². The van der Waals surface area contributed by atoms with Crippen molar-refractivity contribution < 1.29 is 0 Å². The molecule has 0 unspecified atom stereocenters. The summed E-state index contributed by atoms with van der Waals surface area (Å²) in [5.41, 5.74) is 7.33. The van der Waals surface area contributed by atoms with Crippen LogP contribution in [0, 0.1) is 5.92 Å². The molecule has 0 bridgehead atoms. The van der Waals surface area contributed by atoms with Gasteiger partial charge >= 0.3 is 0 Å². The summed E-state index contributed by atoms with van der Waals surface area (Å²) in [6.45, 7) is 4.58. The maximum Gasteiger partial charge on any atom is -0.00107 e. The van der Waals surface area contributed by atoms with Gasteiger partial charge in [0, 0.05) is 0 Å². The zero-order chi connectivity index (χ0) is 12.5. The van der Waals surface area contributed by atoms with Gasteiger partial charge < -0.3 is 0 Å². The third-order valence-electron chi connectivity index (χ3n) is 3.70. The smallest absolute Gasteiger partial charge is 0.00107 e. The Morgan fingerprint density at radius 3 is 2.22 bits per heavy atom. The summed E-state index contributed by atoms with van der Waals surface area (Å²) in [5.74, 6) is 0.573. The largest absolute Gasteiger partial charge is 0.0622 e. The highest BCUT2D eigenvalue weighted by Crippen LogP contribution is 2.41. The Kier molecular flexibility index (Phi) is 2.79. The summed E-state index contributed by atoms with van der Waals surface area (Å²) >= 11 is 0. The summed E-state index contributed by atoms with van der Waals surface area (Å²) in [4.78, 5) is 0. The van der Waals surface area contributed by atoms with E-state index in [0.29, 0.717) is 5.92 Å². The molecule has 0 heteroatoms. The molecule has 18 heavy (non-hydrogen) atoms. The van der Waals surface area contributed by atoms with E-state index in [2.05, 4.69) is 68.4 Å². The summed E-state index contributed by atoms with van der Waals surface area (Å²) in [7, 11) is 0.